The van der Waals surface area contributed by atoms with Gasteiger partial charge in [-0.25, -0.2) is 8.42 Å². The lowest BCUT2D eigenvalue weighted by Crippen LogP contribution is -2.35. The van der Waals surface area contributed by atoms with Crippen LogP contribution in [-0.2, 0) is 32.5 Å². The van der Waals surface area contributed by atoms with Gasteiger partial charge >= 0.3 is 0 Å². The number of hydrogen-bond acceptors (Lipinski definition) is 6. The molecule has 0 radical (unpaired) electrons. The Morgan fingerprint density at radius 2 is 1.77 bits per heavy atom. The molecule has 1 N–H and O–H groups in total. The Balaban J connectivity index is 1.39. The minimum Gasteiger partial charge on any atom is -0.379 e. The van der Waals surface area contributed by atoms with Crippen LogP contribution in [0.4, 0.5) is 5.69 Å². The number of amides is 1. The third-order valence-corrected chi connectivity index (χ3v) is 8.87. The van der Waals surface area contributed by atoms with Crippen molar-refractivity contribution in [2.24, 2.45) is 0 Å². The van der Waals surface area contributed by atoms with E-state index in [1.807, 2.05) is 24.3 Å². The van der Waals surface area contributed by atoms with Gasteiger partial charge in [-0.3, -0.25) is 9.69 Å². The first-order chi connectivity index (χ1) is 14.5. The smallest absolute Gasteiger partial charge is 0.252 e. The van der Waals surface area contributed by atoms with Crippen LogP contribution in [0.5, 0.6) is 0 Å². The molecule has 0 saturated carbocycles. The largest absolute Gasteiger partial charge is 0.379 e. The van der Waals surface area contributed by atoms with E-state index in [1.54, 1.807) is 12.1 Å². The molecule has 0 aliphatic carbocycles. The van der Waals surface area contributed by atoms with Crippen LogP contribution in [0.3, 0.4) is 0 Å². The Hall–Kier alpha value is -1.78. The lowest BCUT2D eigenvalue weighted by atomic mass is 10.1. The summed E-state index contributed by atoms with van der Waals surface area (Å²) >= 11 is 1.19. The highest BCUT2D eigenvalue weighted by Crippen LogP contribution is 2.28. The van der Waals surface area contributed by atoms with Crippen molar-refractivity contribution in [1.29, 1.82) is 0 Å². The second-order valence-corrected chi connectivity index (χ2v) is 10.9. The van der Waals surface area contributed by atoms with Crippen LogP contribution >= 0.6 is 11.3 Å². The Morgan fingerprint density at radius 1 is 1.03 bits per heavy atom. The summed E-state index contributed by atoms with van der Waals surface area (Å²) in [5, 5.41) is 3.00. The first-order valence-corrected chi connectivity index (χ1v) is 12.5. The van der Waals surface area contributed by atoms with Gasteiger partial charge in [0.25, 0.3) is 10.0 Å². The Labute approximate surface area is 181 Å². The maximum absolute atomic E-state index is 12.7. The summed E-state index contributed by atoms with van der Waals surface area (Å²) in [5.41, 5.74) is 1.87. The SMILES string of the molecule is O=C(Cc1ccc(S(=O)(=O)N2CCCC2)s1)Nc1ccccc1CN1CCOCC1. The summed E-state index contributed by atoms with van der Waals surface area (Å²) in [6, 6.07) is 11.2. The number of rotatable bonds is 7. The van der Waals surface area contributed by atoms with Crippen LogP contribution in [0.1, 0.15) is 23.3 Å². The highest BCUT2D eigenvalue weighted by Gasteiger charge is 2.28. The van der Waals surface area contributed by atoms with Gasteiger partial charge in [0.2, 0.25) is 5.91 Å². The number of ether oxygens (including phenoxy) is 1. The van der Waals surface area contributed by atoms with E-state index in [-0.39, 0.29) is 12.3 Å². The molecule has 2 fully saturated rings. The Kier molecular flexibility index (Phi) is 6.84. The zero-order valence-electron chi connectivity index (χ0n) is 16.9. The molecule has 0 spiro atoms. The Morgan fingerprint density at radius 3 is 2.53 bits per heavy atom. The van der Waals surface area contributed by atoms with Gasteiger partial charge in [0.15, 0.2) is 0 Å². The van der Waals surface area contributed by atoms with Crippen molar-refractivity contribution in [3.8, 4) is 0 Å². The summed E-state index contributed by atoms with van der Waals surface area (Å²) in [7, 11) is -3.43. The third kappa shape index (κ3) is 5.09. The average molecular weight is 450 g/mol. The van der Waals surface area contributed by atoms with Crippen LogP contribution in [0, 0.1) is 0 Å². The lowest BCUT2D eigenvalue weighted by Gasteiger charge is -2.27. The first-order valence-electron chi connectivity index (χ1n) is 10.3. The molecule has 1 amide bonds. The van der Waals surface area contributed by atoms with Gasteiger partial charge in [-0.1, -0.05) is 18.2 Å². The van der Waals surface area contributed by atoms with Crippen molar-refractivity contribution in [2.75, 3.05) is 44.7 Å². The number of sulfonamides is 1. The number of thiophene rings is 1. The third-order valence-electron chi connectivity index (χ3n) is 5.42. The van der Waals surface area contributed by atoms with E-state index < -0.39 is 10.0 Å². The van der Waals surface area contributed by atoms with Crippen molar-refractivity contribution in [1.82, 2.24) is 9.21 Å². The number of anilines is 1. The van der Waals surface area contributed by atoms with Crippen molar-refractivity contribution in [3.05, 3.63) is 46.8 Å². The van der Waals surface area contributed by atoms with Gasteiger partial charge in [0.1, 0.15) is 4.21 Å². The summed E-state index contributed by atoms with van der Waals surface area (Å²) in [6.07, 6.45) is 1.97. The molecule has 1 aromatic heterocycles. The number of carbonyl (C=O) groups excluding carboxylic acids is 1. The second-order valence-electron chi connectivity index (χ2n) is 7.60. The number of nitrogens with zero attached hydrogens (tertiary/aromatic N) is 2. The predicted molar refractivity (Wildman–Crippen MR) is 117 cm³/mol. The fourth-order valence-electron chi connectivity index (χ4n) is 3.78. The van der Waals surface area contributed by atoms with Crippen molar-refractivity contribution >= 4 is 33.0 Å². The average Bonchev–Trinajstić information content (AvgIpc) is 3.43. The van der Waals surface area contributed by atoms with Gasteiger partial charge in [-0.05, 0) is 36.6 Å². The molecule has 0 bridgehead atoms. The monoisotopic (exact) mass is 449 g/mol. The summed E-state index contributed by atoms with van der Waals surface area (Å²) < 4.78 is 32.6. The molecule has 2 aliphatic heterocycles. The van der Waals surface area contributed by atoms with E-state index in [2.05, 4.69) is 10.2 Å². The topological polar surface area (TPSA) is 79.0 Å². The van der Waals surface area contributed by atoms with Crippen molar-refractivity contribution < 1.29 is 17.9 Å². The fraction of sp³-hybridized carbons (Fsp3) is 0.476. The maximum atomic E-state index is 12.7. The number of carbonyl (C=O) groups is 1. The van der Waals surface area contributed by atoms with E-state index in [1.165, 1.54) is 15.6 Å². The van der Waals surface area contributed by atoms with E-state index in [4.69, 9.17) is 4.74 Å². The predicted octanol–water partition coefficient (Wildman–Crippen LogP) is 2.55. The van der Waals surface area contributed by atoms with Gasteiger partial charge in [-0.15, -0.1) is 11.3 Å². The molecule has 9 heteroatoms. The summed E-state index contributed by atoms with van der Waals surface area (Å²) in [5.74, 6) is -0.142. The molecule has 30 heavy (non-hydrogen) atoms. The fourth-order valence-corrected chi connectivity index (χ4v) is 6.81. The molecule has 0 atom stereocenters. The van der Waals surface area contributed by atoms with Crippen LogP contribution < -0.4 is 5.32 Å². The highest BCUT2D eigenvalue weighted by molar-refractivity contribution is 7.91. The number of para-hydroxylation sites is 1. The molecule has 2 saturated heterocycles. The molecule has 0 unspecified atom stereocenters. The van der Waals surface area contributed by atoms with E-state index in [0.717, 1.165) is 61.8 Å². The van der Waals surface area contributed by atoms with Gasteiger partial charge in [0, 0.05) is 43.3 Å². The van der Waals surface area contributed by atoms with Gasteiger partial charge in [0.05, 0.1) is 19.6 Å². The quantitative estimate of drug-likeness (QED) is 0.703. The minimum absolute atomic E-state index is 0.142. The molecule has 4 rings (SSSR count). The van der Waals surface area contributed by atoms with Crippen molar-refractivity contribution in [3.63, 3.8) is 0 Å². The first kappa shape index (κ1) is 21.5. The van der Waals surface area contributed by atoms with E-state index in [9.17, 15) is 13.2 Å². The molecule has 7 nitrogen and oxygen atoms in total. The summed E-state index contributed by atoms with van der Waals surface area (Å²) in [4.78, 5) is 15.7. The highest BCUT2D eigenvalue weighted by atomic mass is 32.2. The molecular formula is C21H27N3O4S2. The molecule has 1 aromatic carbocycles. The second kappa shape index (κ2) is 9.57. The normalized spacial score (nSPS) is 18.5. The number of benzene rings is 1. The molecule has 3 heterocycles. The molecule has 162 valence electrons. The standard InChI is InChI=1S/C21H27N3O4S2/c25-20(15-18-7-8-21(29-18)30(26,27)24-9-3-4-10-24)22-19-6-2-1-5-17(19)16-23-11-13-28-14-12-23/h1-2,5-8H,3-4,9-16H2,(H,22,25). The van der Waals surface area contributed by atoms with Crippen LogP contribution in [0.25, 0.3) is 0 Å². The van der Waals surface area contributed by atoms with Gasteiger partial charge < -0.3 is 10.1 Å². The van der Waals surface area contributed by atoms with E-state index >= 15 is 0 Å². The van der Waals surface area contributed by atoms with Gasteiger partial charge in [-0.2, -0.15) is 4.31 Å². The minimum atomic E-state index is -3.43. The Bertz CT molecular complexity index is 978. The lowest BCUT2D eigenvalue weighted by molar-refractivity contribution is -0.115. The zero-order chi connectivity index (χ0) is 21.0. The number of nitrogens with one attached hydrogen (secondary N) is 1. The zero-order valence-corrected chi connectivity index (χ0v) is 18.5. The van der Waals surface area contributed by atoms with Crippen molar-refractivity contribution in [2.45, 2.75) is 30.0 Å². The molecule has 2 aliphatic rings. The maximum Gasteiger partial charge on any atom is 0.252 e. The van der Waals surface area contributed by atoms with Crippen LogP contribution in [-0.4, -0.2) is 62.9 Å². The number of morpholine rings is 1. The summed E-state index contributed by atoms with van der Waals surface area (Å²) in [6.45, 7) is 5.14. The van der Waals surface area contributed by atoms with Crippen LogP contribution in [0.2, 0.25) is 0 Å². The molecule has 2 aromatic rings. The van der Waals surface area contributed by atoms with Crippen LogP contribution in [0.15, 0.2) is 40.6 Å². The van der Waals surface area contributed by atoms with E-state index in [0.29, 0.717) is 17.3 Å². The number of hydrogen-bond donors (Lipinski definition) is 1. The molecular weight excluding hydrogens is 422 g/mol.